The third kappa shape index (κ3) is 2.57. The van der Waals surface area contributed by atoms with E-state index in [0.717, 1.165) is 10.6 Å². The van der Waals surface area contributed by atoms with Crippen molar-refractivity contribution in [3.63, 3.8) is 0 Å². The molecular weight excluding hydrogens is 335 g/mol. The molecule has 2 aromatic heterocycles. The van der Waals surface area contributed by atoms with Crippen LogP contribution in [0.4, 0.5) is 13.2 Å². The smallest absolute Gasteiger partial charge is 0.188 e. The number of pyridine rings is 1. The molecule has 3 rings (SSSR count). The fraction of sp³-hybridized carbons (Fsp3) is 0.167. The van der Waals surface area contributed by atoms with Crippen LogP contribution in [0, 0.1) is 38.2 Å². The zero-order chi connectivity index (χ0) is 17.6. The predicted molar refractivity (Wildman–Crippen MR) is 89.4 cm³/mol. The van der Waals surface area contributed by atoms with Crippen molar-refractivity contribution in [3.05, 3.63) is 73.5 Å². The Hall–Kier alpha value is -2.34. The molecule has 124 valence electrons. The first kappa shape index (κ1) is 16.5. The lowest BCUT2D eigenvalue weighted by Crippen LogP contribution is -2.17. The number of halogens is 3. The van der Waals surface area contributed by atoms with Gasteiger partial charge < -0.3 is 4.57 Å². The maximum atomic E-state index is 14.3. The van der Waals surface area contributed by atoms with E-state index < -0.39 is 23.0 Å². The number of rotatable bonds is 2. The molecule has 2 heterocycles. The van der Waals surface area contributed by atoms with E-state index in [-0.39, 0.29) is 16.7 Å². The van der Waals surface area contributed by atoms with Crippen molar-refractivity contribution in [1.29, 1.82) is 0 Å². The molecule has 6 heteroatoms. The highest BCUT2D eigenvalue weighted by molar-refractivity contribution is 7.10. The average molecular weight is 349 g/mol. The van der Waals surface area contributed by atoms with E-state index in [4.69, 9.17) is 0 Å². The van der Waals surface area contributed by atoms with Crippen LogP contribution in [0.5, 0.6) is 0 Å². The Bertz CT molecular complexity index is 981. The Morgan fingerprint density at radius 2 is 1.67 bits per heavy atom. The van der Waals surface area contributed by atoms with E-state index in [1.165, 1.54) is 18.3 Å². The molecule has 0 amide bonds. The minimum Gasteiger partial charge on any atom is -0.314 e. The summed E-state index contributed by atoms with van der Waals surface area (Å²) in [4.78, 5) is 13.3. The number of aromatic nitrogens is 1. The molecule has 0 unspecified atom stereocenters. The highest BCUT2D eigenvalue weighted by atomic mass is 32.1. The molecule has 24 heavy (non-hydrogen) atoms. The Labute approximate surface area is 140 Å². The molecule has 0 aliphatic heterocycles. The monoisotopic (exact) mass is 349 g/mol. The second-order valence-electron chi connectivity index (χ2n) is 5.59. The molecule has 2 nitrogen and oxygen atoms in total. The summed E-state index contributed by atoms with van der Waals surface area (Å²) in [7, 11) is 0. The van der Waals surface area contributed by atoms with Crippen LogP contribution in [0.3, 0.4) is 0 Å². The molecule has 0 radical (unpaired) electrons. The van der Waals surface area contributed by atoms with E-state index in [0.29, 0.717) is 17.7 Å². The first-order valence-electron chi connectivity index (χ1n) is 7.23. The maximum Gasteiger partial charge on any atom is 0.188 e. The second-order valence-corrected chi connectivity index (χ2v) is 6.71. The van der Waals surface area contributed by atoms with Gasteiger partial charge in [0.15, 0.2) is 5.43 Å². The van der Waals surface area contributed by atoms with Gasteiger partial charge in [-0.05, 0) is 32.2 Å². The Morgan fingerprint density at radius 3 is 2.21 bits per heavy atom. The van der Waals surface area contributed by atoms with Gasteiger partial charge in [-0.15, -0.1) is 11.3 Å². The minimum atomic E-state index is -1.04. The van der Waals surface area contributed by atoms with E-state index in [1.54, 1.807) is 17.7 Å². The fourth-order valence-electron chi connectivity index (χ4n) is 2.80. The molecular formula is C18H14F3NOS. The molecule has 3 aromatic rings. The highest BCUT2D eigenvalue weighted by Crippen LogP contribution is 2.32. The van der Waals surface area contributed by atoms with Crippen LogP contribution in [-0.2, 0) is 0 Å². The van der Waals surface area contributed by atoms with Gasteiger partial charge in [0, 0.05) is 34.3 Å². The normalized spacial score (nSPS) is 11.1. The van der Waals surface area contributed by atoms with Gasteiger partial charge in [0.25, 0.3) is 0 Å². The first-order chi connectivity index (χ1) is 11.3. The van der Waals surface area contributed by atoms with Crippen molar-refractivity contribution >= 4 is 11.3 Å². The minimum absolute atomic E-state index is 0.0992. The number of nitrogens with zero attached hydrogens (tertiary/aromatic N) is 1. The summed E-state index contributed by atoms with van der Waals surface area (Å²) in [5.74, 6) is -3.08. The molecule has 0 spiro atoms. The highest BCUT2D eigenvalue weighted by Gasteiger charge is 2.22. The summed E-state index contributed by atoms with van der Waals surface area (Å²) in [5.41, 5.74) is 0.801. The van der Waals surface area contributed by atoms with Gasteiger partial charge in [0.05, 0.1) is 16.9 Å². The summed E-state index contributed by atoms with van der Waals surface area (Å²) in [6.45, 7) is 5.05. The Kier molecular flexibility index (Phi) is 4.09. The number of benzene rings is 1. The molecule has 1 aromatic carbocycles. The van der Waals surface area contributed by atoms with Gasteiger partial charge in [-0.25, -0.2) is 13.2 Å². The lowest BCUT2D eigenvalue weighted by atomic mass is 10.0. The molecule has 0 aliphatic carbocycles. The number of aryl methyl sites for hydroxylation is 2. The lowest BCUT2D eigenvalue weighted by Gasteiger charge is -2.18. The van der Waals surface area contributed by atoms with Crippen molar-refractivity contribution in [1.82, 2.24) is 4.57 Å². The summed E-state index contributed by atoms with van der Waals surface area (Å²) in [6.07, 6.45) is 1.56. The van der Waals surface area contributed by atoms with Crippen molar-refractivity contribution in [2.75, 3.05) is 0 Å². The van der Waals surface area contributed by atoms with Crippen LogP contribution in [-0.4, -0.2) is 4.57 Å². The topological polar surface area (TPSA) is 22.0 Å². The van der Waals surface area contributed by atoms with Crippen LogP contribution in [0.2, 0.25) is 0 Å². The van der Waals surface area contributed by atoms with Gasteiger partial charge in [-0.3, -0.25) is 4.79 Å². The van der Waals surface area contributed by atoms with Crippen molar-refractivity contribution in [2.45, 2.75) is 20.8 Å². The fourth-order valence-corrected chi connectivity index (χ4v) is 3.48. The SMILES string of the molecule is Cc1sccc1-n1cc(C)c(=O)c(C)c1-c1c(F)cc(F)cc1F. The van der Waals surface area contributed by atoms with Gasteiger partial charge in [0.2, 0.25) is 0 Å². The van der Waals surface area contributed by atoms with E-state index in [1.807, 2.05) is 18.4 Å². The molecule has 0 N–H and O–H groups in total. The Balaban J connectivity index is 2.47. The number of thiophene rings is 1. The summed E-state index contributed by atoms with van der Waals surface area (Å²) in [5, 5.41) is 1.86. The third-order valence-corrected chi connectivity index (χ3v) is 4.79. The average Bonchev–Trinajstić information content (AvgIpc) is 2.92. The van der Waals surface area contributed by atoms with Gasteiger partial charge in [-0.1, -0.05) is 0 Å². The van der Waals surface area contributed by atoms with Gasteiger partial charge in [-0.2, -0.15) is 0 Å². The standard InChI is InChI=1S/C18H14F3NOS/c1-9-8-22(15-4-5-24-11(15)3)17(10(2)18(9)23)16-13(20)6-12(19)7-14(16)21/h4-8H,1-3H3. The molecule has 0 saturated carbocycles. The van der Waals surface area contributed by atoms with Gasteiger partial charge in [0.1, 0.15) is 17.5 Å². The zero-order valence-electron chi connectivity index (χ0n) is 13.3. The second kappa shape index (κ2) is 5.94. The van der Waals surface area contributed by atoms with Gasteiger partial charge >= 0.3 is 0 Å². The van der Waals surface area contributed by atoms with Crippen LogP contribution in [0.1, 0.15) is 16.0 Å². The van der Waals surface area contributed by atoms with Crippen LogP contribution in [0.15, 0.2) is 34.6 Å². The predicted octanol–water partition coefficient (Wildman–Crippen LogP) is 4.91. The van der Waals surface area contributed by atoms with E-state index in [9.17, 15) is 18.0 Å². The number of hydrogen-bond donors (Lipinski definition) is 0. The van der Waals surface area contributed by atoms with E-state index >= 15 is 0 Å². The summed E-state index contributed by atoms with van der Waals surface area (Å²) < 4.78 is 43.5. The van der Waals surface area contributed by atoms with Crippen LogP contribution >= 0.6 is 11.3 Å². The molecule has 0 bridgehead atoms. The summed E-state index contributed by atoms with van der Waals surface area (Å²) in [6, 6.07) is 3.05. The number of hydrogen-bond acceptors (Lipinski definition) is 2. The quantitative estimate of drug-likeness (QED) is 0.644. The third-order valence-electron chi connectivity index (χ3n) is 3.95. The largest absolute Gasteiger partial charge is 0.314 e. The maximum absolute atomic E-state index is 14.3. The van der Waals surface area contributed by atoms with Crippen molar-refractivity contribution < 1.29 is 13.2 Å². The first-order valence-corrected chi connectivity index (χ1v) is 8.11. The molecule has 0 atom stereocenters. The zero-order valence-corrected chi connectivity index (χ0v) is 14.1. The van der Waals surface area contributed by atoms with E-state index in [2.05, 4.69) is 0 Å². The molecule has 0 saturated heterocycles. The lowest BCUT2D eigenvalue weighted by molar-refractivity contribution is 0.546. The van der Waals surface area contributed by atoms with Crippen LogP contribution in [0.25, 0.3) is 16.9 Å². The molecule has 0 aliphatic rings. The Morgan fingerprint density at radius 1 is 1.04 bits per heavy atom. The molecule has 0 fully saturated rings. The van der Waals surface area contributed by atoms with Crippen LogP contribution < -0.4 is 5.43 Å². The summed E-state index contributed by atoms with van der Waals surface area (Å²) >= 11 is 1.48. The van der Waals surface area contributed by atoms with Crippen molar-refractivity contribution in [3.8, 4) is 16.9 Å². The van der Waals surface area contributed by atoms with Crippen molar-refractivity contribution in [2.24, 2.45) is 0 Å².